The highest BCUT2D eigenvalue weighted by Crippen LogP contribution is 2.36. The summed E-state index contributed by atoms with van der Waals surface area (Å²) in [5.74, 6) is -1.07. The van der Waals surface area contributed by atoms with E-state index in [1.807, 2.05) is 12.1 Å². The number of rotatable bonds is 5. The molecule has 0 spiro atoms. The zero-order chi connectivity index (χ0) is 21.9. The normalized spacial score (nSPS) is 15.2. The first-order valence-corrected chi connectivity index (χ1v) is 10.8. The van der Waals surface area contributed by atoms with Crippen LogP contribution in [0, 0.1) is 0 Å². The summed E-state index contributed by atoms with van der Waals surface area (Å²) in [6, 6.07) is 8.06. The number of ether oxygens (including phenoxy) is 1. The third kappa shape index (κ3) is 4.74. The number of benzene rings is 1. The molecule has 162 valence electrons. The van der Waals surface area contributed by atoms with Crippen LogP contribution >= 0.6 is 0 Å². The smallest absolute Gasteiger partial charge is 0.347 e. The van der Waals surface area contributed by atoms with Gasteiger partial charge in [-0.1, -0.05) is 64.3 Å². The maximum atomic E-state index is 13.0. The number of aromatic hydroxyl groups is 1. The van der Waals surface area contributed by atoms with Crippen molar-refractivity contribution in [1.82, 2.24) is 9.78 Å². The van der Waals surface area contributed by atoms with Gasteiger partial charge in [0, 0.05) is 5.92 Å². The van der Waals surface area contributed by atoms with Crippen LogP contribution in [0.25, 0.3) is 0 Å². The fraction of sp³-hybridized carbons (Fsp3) is 0.542. The number of nitrogens with zero attached hydrogens (tertiary/aromatic N) is 2. The summed E-state index contributed by atoms with van der Waals surface area (Å²) in [5, 5.41) is 15.3. The molecule has 6 nitrogen and oxygen atoms in total. The Morgan fingerprint density at radius 3 is 2.37 bits per heavy atom. The van der Waals surface area contributed by atoms with Crippen LogP contribution in [-0.4, -0.2) is 27.5 Å². The van der Waals surface area contributed by atoms with Crippen molar-refractivity contribution >= 4 is 5.97 Å². The molecular weight excluding hydrogens is 380 g/mol. The standard InChI is InChI=1S/C24H32N2O4/c1-5-30-23(29)19-21(27)20(17-9-7-6-8-10-17)25-26(22(19)28)15-16-11-13-18(14-12-16)24(2,3)4/h11-14,17,27H,5-10,15H2,1-4H3. The average Bonchev–Trinajstić information content (AvgIpc) is 2.71. The number of aromatic nitrogens is 2. The third-order valence-electron chi connectivity index (χ3n) is 5.78. The lowest BCUT2D eigenvalue weighted by Gasteiger charge is -2.23. The summed E-state index contributed by atoms with van der Waals surface area (Å²) in [5.41, 5.74) is 1.66. The van der Waals surface area contributed by atoms with E-state index in [0.29, 0.717) is 5.69 Å². The fourth-order valence-electron chi connectivity index (χ4n) is 4.01. The first-order chi connectivity index (χ1) is 14.2. The molecule has 0 atom stereocenters. The molecule has 0 unspecified atom stereocenters. The molecule has 3 rings (SSSR count). The summed E-state index contributed by atoms with van der Waals surface area (Å²) in [6.45, 7) is 8.48. The van der Waals surface area contributed by atoms with Crippen molar-refractivity contribution < 1.29 is 14.6 Å². The molecule has 1 heterocycles. The van der Waals surface area contributed by atoms with Crippen molar-refractivity contribution in [2.75, 3.05) is 6.61 Å². The Morgan fingerprint density at radius 2 is 1.80 bits per heavy atom. The highest BCUT2D eigenvalue weighted by Gasteiger charge is 2.29. The quantitative estimate of drug-likeness (QED) is 0.730. The van der Waals surface area contributed by atoms with Crippen molar-refractivity contribution in [3.8, 4) is 5.75 Å². The Balaban J connectivity index is 2.03. The van der Waals surface area contributed by atoms with Crippen LogP contribution in [0.5, 0.6) is 5.75 Å². The van der Waals surface area contributed by atoms with E-state index in [1.165, 1.54) is 10.2 Å². The van der Waals surface area contributed by atoms with Crippen LogP contribution in [0.15, 0.2) is 29.1 Å². The molecule has 0 bridgehead atoms. The molecule has 1 N–H and O–H groups in total. The maximum Gasteiger partial charge on any atom is 0.347 e. The van der Waals surface area contributed by atoms with Gasteiger partial charge in [-0.15, -0.1) is 0 Å². The molecule has 6 heteroatoms. The molecule has 2 aromatic rings. The molecule has 1 aliphatic carbocycles. The highest BCUT2D eigenvalue weighted by molar-refractivity contribution is 5.92. The van der Waals surface area contributed by atoms with Crippen LogP contribution in [0.2, 0.25) is 0 Å². The molecule has 0 amide bonds. The van der Waals surface area contributed by atoms with Gasteiger partial charge in [0.05, 0.1) is 13.2 Å². The molecule has 1 aromatic carbocycles. The predicted octanol–water partition coefficient (Wildman–Crippen LogP) is 4.52. The van der Waals surface area contributed by atoms with E-state index < -0.39 is 11.5 Å². The minimum Gasteiger partial charge on any atom is -0.505 e. The Bertz CT molecular complexity index is 949. The van der Waals surface area contributed by atoms with Gasteiger partial charge in [-0.05, 0) is 36.3 Å². The Hall–Kier alpha value is -2.63. The summed E-state index contributed by atoms with van der Waals surface area (Å²) in [4.78, 5) is 25.5. The number of carbonyl (C=O) groups excluding carboxylic acids is 1. The van der Waals surface area contributed by atoms with Crippen LogP contribution in [0.3, 0.4) is 0 Å². The number of esters is 1. The second kappa shape index (κ2) is 9.02. The predicted molar refractivity (Wildman–Crippen MR) is 116 cm³/mol. The third-order valence-corrected chi connectivity index (χ3v) is 5.78. The number of hydrogen-bond donors (Lipinski definition) is 1. The van der Waals surface area contributed by atoms with E-state index in [1.54, 1.807) is 6.92 Å². The second-order valence-corrected chi connectivity index (χ2v) is 9.07. The Labute approximate surface area is 177 Å². The van der Waals surface area contributed by atoms with Gasteiger partial charge in [-0.25, -0.2) is 9.48 Å². The molecule has 1 saturated carbocycles. The van der Waals surface area contributed by atoms with E-state index >= 15 is 0 Å². The Morgan fingerprint density at radius 1 is 1.17 bits per heavy atom. The largest absolute Gasteiger partial charge is 0.505 e. The van der Waals surface area contributed by atoms with Crippen molar-refractivity contribution in [2.24, 2.45) is 0 Å². The molecule has 0 aliphatic heterocycles. The molecule has 30 heavy (non-hydrogen) atoms. The summed E-state index contributed by atoms with van der Waals surface area (Å²) >= 11 is 0. The van der Waals surface area contributed by atoms with Crippen LogP contribution in [0.4, 0.5) is 0 Å². The molecular formula is C24H32N2O4. The van der Waals surface area contributed by atoms with Gasteiger partial charge in [0.1, 0.15) is 5.69 Å². The van der Waals surface area contributed by atoms with Gasteiger partial charge in [0.2, 0.25) is 0 Å². The van der Waals surface area contributed by atoms with Crippen LogP contribution in [-0.2, 0) is 16.7 Å². The minimum atomic E-state index is -0.795. The van der Waals surface area contributed by atoms with E-state index in [-0.39, 0.29) is 35.8 Å². The van der Waals surface area contributed by atoms with E-state index in [2.05, 4.69) is 38.0 Å². The van der Waals surface area contributed by atoms with Gasteiger partial charge in [-0.2, -0.15) is 5.10 Å². The lowest BCUT2D eigenvalue weighted by Crippen LogP contribution is -2.32. The van der Waals surface area contributed by atoms with Gasteiger partial charge in [0.25, 0.3) is 5.56 Å². The van der Waals surface area contributed by atoms with E-state index in [0.717, 1.165) is 37.7 Å². The molecule has 1 fully saturated rings. The first-order valence-electron chi connectivity index (χ1n) is 10.8. The van der Waals surface area contributed by atoms with Crippen molar-refractivity contribution in [1.29, 1.82) is 0 Å². The highest BCUT2D eigenvalue weighted by atomic mass is 16.5. The van der Waals surface area contributed by atoms with Gasteiger partial charge >= 0.3 is 5.97 Å². The lowest BCUT2D eigenvalue weighted by molar-refractivity contribution is 0.0519. The summed E-state index contributed by atoms with van der Waals surface area (Å²) in [7, 11) is 0. The van der Waals surface area contributed by atoms with Gasteiger partial charge < -0.3 is 9.84 Å². The van der Waals surface area contributed by atoms with E-state index in [9.17, 15) is 14.7 Å². The summed E-state index contributed by atoms with van der Waals surface area (Å²) in [6.07, 6.45) is 5.03. The van der Waals surface area contributed by atoms with Crippen LogP contribution < -0.4 is 5.56 Å². The average molecular weight is 413 g/mol. The minimum absolute atomic E-state index is 0.0391. The topological polar surface area (TPSA) is 81.4 Å². The van der Waals surface area contributed by atoms with Gasteiger partial charge in [-0.3, -0.25) is 4.79 Å². The maximum absolute atomic E-state index is 13.0. The fourth-order valence-corrected chi connectivity index (χ4v) is 4.01. The molecule has 0 saturated heterocycles. The van der Waals surface area contributed by atoms with E-state index in [4.69, 9.17) is 4.74 Å². The Kier molecular flexibility index (Phi) is 6.64. The molecule has 0 radical (unpaired) electrons. The first kappa shape index (κ1) is 22.1. The van der Waals surface area contributed by atoms with Crippen molar-refractivity contribution in [3.05, 3.63) is 57.0 Å². The SMILES string of the molecule is CCOC(=O)c1c(O)c(C2CCCCC2)nn(Cc2ccc(C(C)(C)C)cc2)c1=O. The second-order valence-electron chi connectivity index (χ2n) is 9.07. The molecule has 1 aromatic heterocycles. The van der Waals surface area contributed by atoms with Crippen molar-refractivity contribution in [2.45, 2.75) is 77.7 Å². The zero-order valence-electron chi connectivity index (χ0n) is 18.4. The van der Waals surface area contributed by atoms with Crippen molar-refractivity contribution in [3.63, 3.8) is 0 Å². The molecule has 1 aliphatic rings. The zero-order valence-corrected chi connectivity index (χ0v) is 18.4. The number of hydrogen-bond acceptors (Lipinski definition) is 5. The monoisotopic (exact) mass is 412 g/mol. The summed E-state index contributed by atoms with van der Waals surface area (Å²) < 4.78 is 6.34. The van der Waals surface area contributed by atoms with Crippen LogP contribution in [0.1, 0.15) is 92.9 Å². The van der Waals surface area contributed by atoms with Gasteiger partial charge in [0.15, 0.2) is 11.3 Å². The lowest BCUT2D eigenvalue weighted by atomic mass is 9.86. The number of carbonyl (C=O) groups is 1.